The molecule has 0 saturated heterocycles. The first-order chi connectivity index (χ1) is 7.45. The van der Waals surface area contributed by atoms with Crippen LogP contribution in [0.4, 0.5) is 4.79 Å². The molecular formula is C9H18N4O3. The minimum atomic E-state index is -0.903. The van der Waals surface area contributed by atoms with Gasteiger partial charge in [0, 0.05) is 0 Å². The van der Waals surface area contributed by atoms with E-state index in [0.717, 1.165) is 12.8 Å². The first-order valence-electron chi connectivity index (χ1n) is 5.05. The van der Waals surface area contributed by atoms with Crippen LogP contribution in [0.3, 0.4) is 0 Å². The third kappa shape index (κ3) is 7.74. The number of nitrogens with one attached hydrogen (secondary N) is 1. The Balaban J connectivity index is 4.12. The highest BCUT2D eigenvalue weighted by atomic mass is 16.2. The van der Waals surface area contributed by atoms with E-state index in [1.54, 1.807) is 4.90 Å². The summed E-state index contributed by atoms with van der Waals surface area (Å²) in [6.07, 6.45) is 1.78. The van der Waals surface area contributed by atoms with Crippen molar-refractivity contribution < 1.29 is 14.4 Å². The van der Waals surface area contributed by atoms with E-state index in [2.05, 4.69) is 0 Å². The van der Waals surface area contributed by atoms with Crippen molar-refractivity contribution >= 4 is 17.8 Å². The third-order valence-corrected chi connectivity index (χ3v) is 1.84. The monoisotopic (exact) mass is 230 g/mol. The lowest BCUT2D eigenvalue weighted by atomic mass is 10.3. The van der Waals surface area contributed by atoms with Gasteiger partial charge < -0.3 is 11.5 Å². The number of amides is 4. The van der Waals surface area contributed by atoms with Gasteiger partial charge in [0.25, 0.3) is 0 Å². The van der Waals surface area contributed by atoms with E-state index < -0.39 is 17.8 Å². The predicted molar refractivity (Wildman–Crippen MR) is 58.3 cm³/mol. The van der Waals surface area contributed by atoms with E-state index in [1.165, 1.54) is 0 Å². The largest absolute Gasteiger partial charge is 0.369 e. The number of imide groups is 1. The van der Waals surface area contributed by atoms with Crippen LogP contribution in [0.2, 0.25) is 0 Å². The molecule has 4 amide bonds. The summed E-state index contributed by atoms with van der Waals surface area (Å²) in [5.41, 5.74) is 9.83. The molecular weight excluding hydrogens is 212 g/mol. The third-order valence-electron chi connectivity index (χ3n) is 1.84. The topological polar surface area (TPSA) is 119 Å². The molecule has 0 rings (SSSR count). The molecule has 0 aromatic heterocycles. The number of hydrogen-bond acceptors (Lipinski definition) is 4. The first kappa shape index (κ1) is 14.4. The maximum atomic E-state index is 11.2. The molecule has 7 nitrogen and oxygen atoms in total. The number of hydrogen-bond donors (Lipinski definition) is 3. The van der Waals surface area contributed by atoms with Crippen LogP contribution < -0.4 is 16.8 Å². The van der Waals surface area contributed by atoms with E-state index in [1.807, 2.05) is 12.2 Å². The van der Waals surface area contributed by atoms with Crippen molar-refractivity contribution in [2.75, 3.05) is 19.6 Å². The fourth-order valence-electron chi connectivity index (χ4n) is 1.20. The summed E-state index contributed by atoms with van der Waals surface area (Å²) in [5.74, 6) is -1.05. The second-order valence-corrected chi connectivity index (χ2v) is 3.44. The zero-order valence-electron chi connectivity index (χ0n) is 9.36. The van der Waals surface area contributed by atoms with Crippen molar-refractivity contribution in [3.05, 3.63) is 0 Å². The van der Waals surface area contributed by atoms with Crippen molar-refractivity contribution in [3.63, 3.8) is 0 Å². The highest BCUT2D eigenvalue weighted by Gasteiger charge is 2.13. The standard InChI is InChI=1S/C9H18N4O3/c1-2-3-4-13(5-7(10)14)6-8(15)12-9(11)16/h2-6H2,1H3,(H2,10,14)(H3,11,12,15,16). The molecule has 0 radical (unpaired) electrons. The molecule has 0 fully saturated rings. The summed E-state index contributed by atoms with van der Waals surface area (Å²) >= 11 is 0. The van der Waals surface area contributed by atoms with Crippen molar-refractivity contribution in [2.45, 2.75) is 19.8 Å². The minimum absolute atomic E-state index is 0.00776. The lowest BCUT2D eigenvalue weighted by molar-refractivity contribution is -0.123. The first-order valence-corrected chi connectivity index (χ1v) is 5.05. The molecule has 0 spiro atoms. The molecule has 16 heavy (non-hydrogen) atoms. The Kier molecular flexibility index (Phi) is 6.86. The zero-order chi connectivity index (χ0) is 12.6. The molecule has 0 saturated carbocycles. The summed E-state index contributed by atoms with van der Waals surface area (Å²) in [5, 5.41) is 1.93. The van der Waals surface area contributed by atoms with Gasteiger partial charge in [-0.05, 0) is 13.0 Å². The van der Waals surface area contributed by atoms with Crippen LogP contribution in [-0.2, 0) is 9.59 Å². The Labute approximate surface area is 94.1 Å². The van der Waals surface area contributed by atoms with E-state index in [9.17, 15) is 14.4 Å². The highest BCUT2D eigenvalue weighted by molar-refractivity contribution is 5.94. The number of nitrogens with two attached hydrogens (primary N) is 2. The van der Waals surface area contributed by atoms with Crippen LogP contribution in [0, 0.1) is 0 Å². The number of nitrogens with zero attached hydrogens (tertiary/aromatic N) is 1. The van der Waals surface area contributed by atoms with Crippen LogP contribution in [0.25, 0.3) is 0 Å². The zero-order valence-corrected chi connectivity index (χ0v) is 9.36. The summed E-state index contributed by atoms with van der Waals surface area (Å²) < 4.78 is 0. The predicted octanol–water partition coefficient (Wildman–Crippen LogP) is -1.23. The molecule has 0 aromatic rings. The molecule has 0 aliphatic carbocycles. The van der Waals surface area contributed by atoms with E-state index in [4.69, 9.17) is 11.5 Å². The Hall–Kier alpha value is -1.63. The lowest BCUT2D eigenvalue weighted by Gasteiger charge is -2.19. The van der Waals surface area contributed by atoms with Gasteiger partial charge in [-0.15, -0.1) is 0 Å². The molecule has 0 aliphatic rings. The van der Waals surface area contributed by atoms with Crippen molar-refractivity contribution in [3.8, 4) is 0 Å². The summed E-state index contributed by atoms with van der Waals surface area (Å²) in [7, 11) is 0. The number of urea groups is 1. The fraction of sp³-hybridized carbons (Fsp3) is 0.667. The summed E-state index contributed by atoms with van der Waals surface area (Å²) in [4.78, 5) is 33.9. The van der Waals surface area contributed by atoms with Gasteiger partial charge in [-0.3, -0.25) is 19.8 Å². The average Bonchev–Trinajstić information content (AvgIpc) is 2.11. The minimum Gasteiger partial charge on any atom is -0.369 e. The number of unbranched alkanes of at least 4 members (excludes halogenated alkanes) is 1. The van der Waals surface area contributed by atoms with Gasteiger partial charge in [0.2, 0.25) is 11.8 Å². The van der Waals surface area contributed by atoms with Gasteiger partial charge in [-0.1, -0.05) is 13.3 Å². The number of carbonyl (C=O) groups excluding carboxylic acids is 3. The Morgan fingerprint density at radius 1 is 1.19 bits per heavy atom. The smallest absolute Gasteiger partial charge is 0.318 e. The van der Waals surface area contributed by atoms with Crippen LogP contribution in [0.5, 0.6) is 0 Å². The lowest BCUT2D eigenvalue weighted by Crippen LogP contribution is -2.44. The Morgan fingerprint density at radius 2 is 1.81 bits per heavy atom. The van der Waals surface area contributed by atoms with Crippen molar-refractivity contribution in [1.82, 2.24) is 10.2 Å². The number of primary amides is 2. The second kappa shape index (κ2) is 7.63. The van der Waals surface area contributed by atoms with Gasteiger partial charge in [0.05, 0.1) is 13.1 Å². The van der Waals surface area contributed by atoms with Gasteiger partial charge >= 0.3 is 6.03 Å². The molecule has 0 unspecified atom stereocenters. The molecule has 0 aromatic carbocycles. The maximum Gasteiger partial charge on any atom is 0.318 e. The van der Waals surface area contributed by atoms with E-state index in [-0.39, 0.29) is 13.1 Å². The van der Waals surface area contributed by atoms with Gasteiger partial charge in [0.1, 0.15) is 0 Å². The molecule has 7 heteroatoms. The van der Waals surface area contributed by atoms with Crippen LogP contribution in [0.1, 0.15) is 19.8 Å². The van der Waals surface area contributed by atoms with Crippen LogP contribution in [-0.4, -0.2) is 42.4 Å². The van der Waals surface area contributed by atoms with Crippen LogP contribution >= 0.6 is 0 Å². The van der Waals surface area contributed by atoms with Crippen LogP contribution in [0.15, 0.2) is 0 Å². The van der Waals surface area contributed by atoms with Gasteiger partial charge in [-0.2, -0.15) is 0 Å². The Morgan fingerprint density at radius 3 is 2.25 bits per heavy atom. The number of rotatable bonds is 7. The quantitative estimate of drug-likeness (QED) is 0.507. The summed E-state index contributed by atoms with van der Waals surface area (Å²) in [6, 6.07) is -0.903. The SMILES string of the molecule is CCCCN(CC(N)=O)CC(=O)NC(N)=O. The molecule has 0 atom stereocenters. The molecule has 0 aliphatic heterocycles. The molecule has 92 valence electrons. The van der Waals surface area contributed by atoms with Gasteiger partial charge in [-0.25, -0.2) is 4.79 Å². The van der Waals surface area contributed by atoms with Gasteiger partial charge in [0.15, 0.2) is 0 Å². The normalized spacial score (nSPS) is 10.1. The molecule has 0 bridgehead atoms. The Bertz CT molecular complexity index is 267. The van der Waals surface area contributed by atoms with Crippen molar-refractivity contribution in [2.24, 2.45) is 11.5 Å². The molecule has 0 heterocycles. The highest BCUT2D eigenvalue weighted by Crippen LogP contribution is 1.94. The average molecular weight is 230 g/mol. The second-order valence-electron chi connectivity index (χ2n) is 3.44. The van der Waals surface area contributed by atoms with E-state index in [0.29, 0.717) is 6.54 Å². The van der Waals surface area contributed by atoms with Crippen molar-refractivity contribution in [1.29, 1.82) is 0 Å². The van der Waals surface area contributed by atoms with E-state index >= 15 is 0 Å². The molecule has 5 N–H and O–H groups in total. The number of carbonyl (C=O) groups is 3. The maximum absolute atomic E-state index is 11.2. The fourth-order valence-corrected chi connectivity index (χ4v) is 1.20. The summed E-state index contributed by atoms with van der Waals surface area (Å²) in [6.45, 7) is 2.50.